The van der Waals surface area contributed by atoms with Crippen LogP contribution in [0.15, 0.2) is 4.36 Å². The van der Waals surface area contributed by atoms with E-state index in [1.54, 1.807) is 0 Å². The van der Waals surface area contributed by atoms with Gasteiger partial charge < -0.3 is 0 Å². The summed E-state index contributed by atoms with van der Waals surface area (Å²) in [6, 6.07) is 0. The standard InChI is InChI=1S/C9H19NS/c1-2-3-4-5-6-7-8-9-10-11/h2-9H2,1H3. The summed E-state index contributed by atoms with van der Waals surface area (Å²) in [5.74, 6) is 0. The molecule has 0 rings (SSSR count). The summed E-state index contributed by atoms with van der Waals surface area (Å²) in [5, 5.41) is 0. The van der Waals surface area contributed by atoms with Gasteiger partial charge in [-0.3, -0.25) is 0 Å². The van der Waals surface area contributed by atoms with E-state index in [0.29, 0.717) is 0 Å². The molecule has 0 aromatic carbocycles. The van der Waals surface area contributed by atoms with Gasteiger partial charge in [-0.15, -0.1) is 0 Å². The minimum atomic E-state index is 0.878. The zero-order chi connectivity index (χ0) is 8.36. The van der Waals surface area contributed by atoms with E-state index in [0.717, 1.165) is 6.54 Å². The lowest BCUT2D eigenvalue weighted by molar-refractivity contribution is 0.594. The van der Waals surface area contributed by atoms with Gasteiger partial charge in [-0.1, -0.05) is 45.4 Å². The van der Waals surface area contributed by atoms with Gasteiger partial charge >= 0.3 is 0 Å². The van der Waals surface area contributed by atoms with Crippen molar-refractivity contribution >= 4 is 12.4 Å². The highest BCUT2D eigenvalue weighted by Gasteiger charge is 1.88. The van der Waals surface area contributed by atoms with Crippen molar-refractivity contribution in [3.63, 3.8) is 0 Å². The van der Waals surface area contributed by atoms with Crippen molar-refractivity contribution in [3.8, 4) is 0 Å². The second-order valence-electron chi connectivity index (χ2n) is 2.97. The molecule has 0 saturated heterocycles. The Balaban J connectivity index is 2.74. The van der Waals surface area contributed by atoms with E-state index in [-0.39, 0.29) is 0 Å². The molecule has 0 fully saturated rings. The molecule has 0 aromatic heterocycles. The number of nitrogens with zero attached hydrogens (tertiary/aromatic N) is 1. The molecule has 0 N–H and O–H groups in total. The van der Waals surface area contributed by atoms with E-state index in [1.807, 2.05) is 0 Å². The number of hydrogen-bond acceptors (Lipinski definition) is 2. The summed E-state index contributed by atoms with van der Waals surface area (Å²) >= 11 is 4.50. The first kappa shape index (κ1) is 11.0. The zero-order valence-electron chi connectivity index (χ0n) is 7.51. The minimum absolute atomic E-state index is 0.878. The highest BCUT2D eigenvalue weighted by molar-refractivity contribution is 7.47. The molecule has 0 atom stereocenters. The molecule has 0 spiro atoms. The predicted molar refractivity (Wildman–Crippen MR) is 52.7 cm³/mol. The molecule has 66 valence electrons. The van der Waals surface area contributed by atoms with Crippen LogP contribution in [0.3, 0.4) is 0 Å². The third-order valence-electron chi connectivity index (χ3n) is 1.85. The molecule has 0 aliphatic rings. The van der Waals surface area contributed by atoms with E-state index in [4.69, 9.17) is 0 Å². The average Bonchev–Trinajstić information content (AvgIpc) is 2.03. The van der Waals surface area contributed by atoms with Gasteiger partial charge in [0.2, 0.25) is 0 Å². The lowest BCUT2D eigenvalue weighted by atomic mass is 10.1. The quantitative estimate of drug-likeness (QED) is 0.512. The molecular formula is C9H19NS. The first-order valence-electron chi connectivity index (χ1n) is 4.71. The van der Waals surface area contributed by atoms with Gasteiger partial charge in [0.05, 0.1) is 6.54 Å². The van der Waals surface area contributed by atoms with Gasteiger partial charge in [-0.25, -0.2) is 4.36 Å². The highest BCUT2D eigenvalue weighted by atomic mass is 32.1. The Bertz CT molecular complexity index is 83.6. The Morgan fingerprint density at radius 1 is 0.909 bits per heavy atom. The Hall–Kier alpha value is 0.0200. The largest absolute Gasteiger partial charge is 0.220 e. The first-order chi connectivity index (χ1) is 5.41. The van der Waals surface area contributed by atoms with Crippen LogP contribution in [0, 0.1) is 0 Å². The van der Waals surface area contributed by atoms with Gasteiger partial charge in [0.25, 0.3) is 0 Å². The van der Waals surface area contributed by atoms with Gasteiger partial charge in [-0.05, 0) is 6.42 Å². The fourth-order valence-corrected chi connectivity index (χ4v) is 1.26. The summed E-state index contributed by atoms with van der Waals surface area (Å²) in [7, 11) is 0. The van der Waals surface area contributed by atoms with Gasteiger partial charge in [0.15, 0.2) is 0 Å². The second kappa shape index (κ2) is 10.0. The maximum Gasteiger partial charge on any atom is 0.0521 e. The topological polar surface area (TPSA) is 12.4 Å². The third kappa shape index (κ3) is 10.0. The smallest absolute Gasteiger partial charge is 0.0521 e. The molecule has 0 unspecified atom stereocenters. The normalized spacial score (nSPS) is 9.91. The summed E-state index contributed by atoms with van der Waals surface area (Å²) in [6.45, 7) is 3.12. The summed E-state index contributed by atoms with van der Waals surface area (Å²) in [5.41, 5.74) is 0. The molecule has 0 aliphatic heterocycles. The molecule has 0 heterocycles. The fourth-order valence-electron chi connectivity index (χ4n) is 1.13. The van der Waals surface area contributed by atoms with E-state index in [2.05, 4.69) is 23.7 Å². The molecule has 0 aromatic rings. The van der Waals surface area contributed by atoms with E-state index in [1.165, 1.54) is 44.9 Å². The lowest BCUT2D eigenvalue weighted by Crippen LogP contribution is -1.81. The highest BCUT2D eigenvalue weighted by Crippen LogP contribution is 2.06. The van der Waals surface area contributed by atoms with Crippen LogP contribution in [0.4, 0.5) is 0 Å². The van der Waals surface area contributed by atoms with Gasteiger partial charge in [0.1, 0.15) is 0 Å². The van der Waals surface area contributed by atoms with Crippen LogP contribution < -0.4 is 0 Å². The monoisotopic (exact) mass is 173 g/mol. The maximum absolute atomic E-state index is 4.50. The lowest BCUT2D eigenvalue weighted by Gasteiger charge is -1.97. The molecular weight excluding hydrogens is 154 g/mol. The molecule has 0 aliphatic carbocycles. The Labute approximate surface area is 75.8 Å². The van der Waals surface area contributed by atoms with Crippen molar-refractivity contribution in [2.24, 2.45) is 4.36 Å². The van der Waals surface area contributed by atoms with Crippen LogP contribution in [-0.4, -0.2) is 6.54 Å². The summed E-state index contributed by atoms with van der Waals surface area (Å²) in [4.78, 5) is 0. The number of unbranched alkanes of at least 4 members (excludes halogenated alkanes) is 6. The summed E-state index contributed by atoms with van der Waals surface area (Å²) < 4.78 is 3.65. The van der Waals surface area contributed by atoms with Crippen LogP contribution in [-0.2, 0) is 12.4 Å². The second-order valence-corrected chi connectivity index (χ2v) is 3.23. The van der Waals surface area contributed by atoms with Crippen LogP contribution in [0.1, 0.15) is 51.9 Å². The van der Waals surface area contributed by atoms with E-state index >= 15 is 0 Å². The molecule has 2 heteroatoms. The molecule has 0 amide bonds. The SMILES string of the molecule is CCCCCCCCCN=S. The first-order valence-corrected chi connectivity index (χ1v) is 5.07. The maximum atomic E-state index is 4.50. The van der Waals surface area contributed by atoms with Crippen LogP contribution >= 0.6 is 0 Å². The molecule has 0 radical (unpaired) electrons. The molecule has 1 nitrogen and oxygen atoms in total. The van der Waals surface area contributed by atoms with Crippen LogP contribution in [0.2, 0.25) is 0 Å². The van der Waals surface area contributed by atoms with Crippen molar-refractivity contribution < 1.29 is 0 Å². The van der Waals surface area contributed by atoms with Crippen LogP contribution in [0.25, 0.3) is 0 Å². The Morgan fingerprint density at radius 3 is 2.00 bits per heavy atom. The zero-order valence-corrected chi connectivity index (χ0v) is 8.33. The van der Waals surface area contributed by atoms with Crippen molar-refractivity contribution in [1.82, 2.24) is 0 Å². The predicted octanol–water partition coefficient (Wildman–Crippen LogP) is 3.47. The number of rotatable bonds is 8. The van der Waals surface area contributed by atoms with Crippen molar-refractivity contribution in [2.45, 2.75) is 51.9 Å². The van der Waals surface area contributed by atoms with Crippen molar-refractivity contribution in [2.75, 3.05) is 6.54 Å². The number of hydrogen-bond donors (Lipinski definition) is 0. The van der Waals surface area contributed by atoms with Gasteiger partial charge in [0, 0.05) is 12.4 Å². The van der Waals surface area contributed by atoms with Crippen LogP contribution in [0.5, 0.6) is 0 Å². The molecule has 0 bridgehead atoms. The minimum Gasteiger partial charge on any atom is -0.220 e. The molecule has 0 saturated carbocycles. The summed E-state index contributed by atoms with van der Waals surface area (Å²) in [6.07, 6.45) is 9.39. The van der Waals surface area contributed by atoms with Crippen molar-refractivity contribution in [3.05, 3.63) is 0 Å². The fraction of sp³-hybridized carbons (Fsp3) is 1.00. The average molecular weight is 173 g/mol. The third-order valence-corrected chi connectivity index (χ3v) is 2.04. The van der Waals surface area contributed by atoms with Gasteiger partial charge in [-0.2, -0.15) is 0 Å². The molecule has 11 heavy (non-hydrogen) atoms. The Morgan fingerprint density at radius 2 is 1.45 bits per heavy atom. The van der Waals surface area contributed by atoms with E-state index < -0.39 is 0 Å². The Kier molecular flexibility index (Phi) is 10.0. The van der Waals surface area contributed by atoms with Crippen molar-refractivity contribution in [1.29, 1.82) is 0 Å². The van der Waals surface area contributed by atoms with E-state index in [9.17, 15) is 0 Å².